The number of ketones is 1. The fraction of sp³-hybridized carbons (Fsp3) is 0.333. The Morgan fingerprint density at radius 1 is 1.12 bits per heavy atom. The van der Waals surface area contributed by atoms with E-state index in [1.165, 1.54) is 16.4 Å². The summed E-state index contributed by atoms with van der Waals surface area (Å²) in [5.41, 5.74) is 3.12. The number of aromatic amines is 1. The van der Waals surface area contributed by atoms with Crippen molar-refractivity contribution >= 4 is 32.7 Å². The number of hydrogen-bond acceptors (Lipinski definition) is 6. The zero-order valence-electron chi connectivity index (χ0n) is 18.6. The first-order valence-electron chi connectivity index (χ1n) is 10.8. The summed E-state index contributed by atoms with van der Waals surface area (Å²) in [6.45, 7) is 4.46. The molecule has 9 heteroatoms. The van der Waals surface area contributed by atoms with Crippen molar-refractivity contribution in [1.82, 2.24) is 9.29 Å². The highest BCUT2D eigenvalue weighted by Gasteiger charge is 2.28. The van der Waals surface area contributed by atoms with Crippen LogP contribution in [0, 0.1) is 6.92 Å². The van der Waals surface area contributed by atoms with Gasteiger partial charge in [-0.1, -0.05) is 31.2 Å². The Kier molecular flexibility index (Phi) is 6.64. The van der Waals surface area contributed by atoms with Crippen LogP contribution in [-0.2, 0) is 25.9 Å². The fourth-order valence-electron chi connectivity index (χ4n) is 3.95. The molecule has 2 heterocycles. The lowest BCUT2D eigenvalue weighted by Crippen LogP contribution is -2.40. The molecule has 1 saturated heterocycles. The van der Waals surface area contributed by atoms with Crippen LogP contribution in [0.15, 0.2) is 47.5 Å². The Balaban J connectivity index is 1.51. The minimum absolute atomic E-state index is 0.0111. The van der Waals surface area contributed by atoms with E-state index in [1.54, 1.807) is 19.2 Å². The molecule has 1 N–H and O–H groups in total. The number of benzene rings is 2. The zero-order valence-corrected chi connectivity index (χ0v) is 19.4. The summed E-state index contributed by atoms with van der Waals surface area (Å²) in [4.78, 5) is 28.7. The Labute approximate surface area is 192 Å². The average molecular weight is 471 g/mol. The van der Waals surface area contributed by atoms with Crippen LogP contribution < -0.4 is 0 Å². The number of esters is 1. The molecule has 8 nitrogen and oxygen atoms in total. The molecule has 1 aliphatic heterocycles. The molecule has 2 aromatic carbocycles. The number of hydrogen-bond donors (Lipinski definition) is 1. The summed E-state index contributed by atoms with van der Waals surface area (Å²) < 4.78 is 37.7. The van der Waals surface area contributed by atoms with Gasteiger partial charge in [-0.05, 0) is 36.6 Å². The van der Waals surface area contributed by atoms with Gasteiger partial charge in [0.15, 0.2) is 6.61 Å². The fourth-order valence-corrected chi connectivity index (χ4v) is 5.38. The molecule has 0 bridgehead atoms. The van der Waals surface area contributed by atoms with Gasteiger partial charge in [-0.2, -0.15) is 4.31 Å². The number of fused-ring (bicyclic) bond motifs is 1. The van der Waals surface area contributed by atoms with Gasteiger partial charge in [-0.3, -0.25) is 4.79 Å². The molecule has 1 fully saturated rings. The molecule has 33 heavy (non-hydrogen) atoms. The molecular formula is C24H26N2O6S. The molecule has 0 atom stereocenters. The van der Waals surface area contributed by atoms with E-state index < -0.39 is 22.6 Å². The predicted molar refractivity (Wildman–Crippen MR) is 123 cm³/mol. The highest BCUT2D eigenvalue weighted by molar-refractivity contribution is 7.89. The lowest BCUT2D eigenvalue weighted by Gasteiger charge is -2.26. The predicted octanol–water partition coefficient (Wildman–Crippen LogP) is 3.10. The number of carbonyl (C=O) groups is 2. The van der Waals surface area contributed by atoms with Crippen LogP contribution in [0.4, 0.5) is 0 Å². The van der Waals surface area contributed by atoms with Gasteiger partial charge in [0.2, 0.25) is 15.8 Å². The van der Waals surface area contributed by atoms with E-state index >= 15 is 0 Å². The molecule has 0 unspecified atom stereocenters. The summed E-state index contributed by atoms with van der Waals surface area (Å²) >= 11 is 0. The van der Waals surface area contributed by atoms with Crippen molar-refractivity contribution in [1.29, 1.82) is 0 Å². The SMILES string of the molecule is CCc1cccc2c(C(=O)COC(=O)c3cc(S(=O)(=O)N4CCOCC4)ccc3C)c[nH]c12. The third-order valence-electron chi connectivity index (χ3n) is 5.85. The number of aromatic nitrogens is 1. The van der Waals surface area contributed by atoms with Gasteiger partial charge in [0.25, 0.3) is 0 Å². The van der Waals surface area contributed by atoms with Crippen molar-refractivity contribution < 1.29 is 27.5 Å². The number of nitrogens with one attached hydrogen (secondary N) is 1. The highest BCUT2D eigenvalue weighted by atomic mass is 32.2. The second-order valence-electron chi connectivity index (χ2n) is 7.89. The lowest BCUT2D eigenvalue weighted by molar-refractivity contribution is 0.0474. The third-order valence-corrected chi connectivity index (χ3v) is 7.75. The summed E-state index contributed by atoms with van der Waals surface area (Å²) in [5.74, 6) is -1.08. The molecule has 1 aromatic heterocycles. The first kappa shape index (κ1) is 23.2. The van der Waals surface area contributed by atoms with Gasteiger partial charge in [-0.15, -0.1) is 0 Å². The van der Waals surface area contributed by atoms with Crippen LogP contribution in [-0.4, -0.2) is 62.4 Å². The van der Waals surface area contributed by atoms with Crippen LogP contribution in [0.3, 0.4) is 0 Å². The maximum absolute atomic E-state index is 12.9. The van der Waals surface area contributed by atoms with Crippen molar-refractivity contribution in [3.05, 3.63) is 64.8 Å². The molecule has 3 aromatic rings. The second kappa shape index (κ2) is 9.46. The van der Waals surface area contributed by atoms with Crippen LogP contribution in [0.2, 0.25) is 0 Å². The molecule has 0 spiro atoms. The number of para-hydroxylation sites is 1. The second-order valence-corrected chi connectivity index (χ2v) is 9.83. The minimum Gasteiger partial charge on any atom is -0.454 e. The maximum atomic E-state index is 12.9. The Bertz CT molecular complexity index is 1310. The number of aryl methyl sites for hydroxylation is 2. The van der Waals surface area contributed by atoms with Crippen molar-refractivity contribution in [3.8, 4) is 0 Å². The number of rotatable bonds is 7. The summed E-state index contributed by atoms with van der Waals surface area (Å²) in [6, 6.07) is 10.1. The number of nitrogens with zero attached hydrogens (tertiary/aromatic N) is 1. The van der Waals surface area contributed by atoms with E-state index in [2.05, 4.69) is 4.98 Å². The molecule has 1 aliphatic rings. The van der Waals surface area contributed by atoms with Crippen molar-refractivity contribution in [3.63, 3.8) is 0 Å². The number of Topliss-reactive ketones (excluding diaryl/α,β-unsaturated/α-hetero) is 1. The summed E-state index contributed by atoms with van der Waals surface area (Å²) in [5, 5.41) is 0.783. The molecule has 0 amide bonds. The number of H-pyrrole nitrogens is 1. The summed E-state index contributed by atoms with van der Waals surface area (Å²) in [7, 11) is -3.76. The van der Waals surface area contributed by atoms with E-state index in [-0.39, 0.29) is 29.3 Å². The third kappa shape index (κ3) is 4.57. The maximum Gasteiger partial charge on any atom is 0.338 e. The van der Waals surface area contributed by atoms with Crippen LogP contribution in [0.25, 0.3) is 10.9 Å². The van der Waals surface area contributed by atoms with E-state index in [0.29, 0.717) is 24.3 Å². The van der Waals surface area contributed by atoms with Gasteiger partial charge in [0, 0.05) is 35.8 Å². The van der Waals surface area contributed by atoms with Crippen molar-refractivity contribution in [2.24, 2.45) is 0 Å². The highest BCUT2D eigenvalue weighted by Crippen LogP contribution is 2.24. The number of morpholine rings is 1. The standard InChI is InChI=1S/C24H26N2O6S/c1-3-17-5-4-6-19-21(14-25-23(17)19)22(27)15-32-24(28)20-13-18(8-7-16(20)2)33(29,30)26-9-11-31-12-10-26/h4-8,13-14,25H,3,9-12,15H2,1-2H3. The smallest absolute Gasteiger partial charge is 0.338 e. The number of ether oxygens (including phenoxy) is 2. The van der Waals surface area contributed by atoms with E-state index in [1.807, 2.05) is 25.1 Å². The Hall–Kier alpha value is -3.01. The Morgan fingerprint density at radius 3 is 2.61 bits per heavy atom. The molecule has 174 valence electrons. The minimum atomic E-state index is -3.76. The number of carbonyl (C=O) groups excluding carboxylic acids is 2. The molecule has 4 rings (SSSR count). The Morgan fingerprint density at radius 2 is 1.88 bits per heavy atom. The van der Waals surface area contributed by atoms with E-state index in [0.717, 1.165) is 22.9 Å². The van der Waals surface area contributed by atoms with Gasteiger partial charge in [-0.25, -0.2) is 13.2 Å². The van der Waals surface area contributed by atoms with Crippen LogP contribution in [0.1, 0.15) is 38.8 Å². The quantitative estimate of drug-likeness (QED) is 0.420. The molecule has 0 aliphatic carbocycles. The van der Waals surface area contributed by atoms with Gasteiger partial charge < -0.3 is 14.5 Å². The first-order valence-corrected chi connectivity index (χ1v) is 12.2. The first-order chi connectivity index (χ1) is 15.8. The van der Waals surface area contributed by atoms with E-state index in [9.17, 15) is 18.0 Å². The number of sulfonamides is 1. The molecule has 0 radical (unpaired) electrons. The van der Waals surface area contributed by atoms with Crippen LogP contribution in [0.5, 0.6) is 0 Å². The van der Waals surface area contributed by atoms with Gasteiger partial charge in [0.05, 0.1) is 23.7 Å². The van der Waals surface area contributed by atoms with Crippen LogP contribution >= 0.6 is 0 Å². The lowest BCUT2D eigenvalue weighted by atomic mass is 10.1. The van der Waals surface area contributed by atoms with Crippen molar-refractivity contribution in [2.45, 2.75) is 25.2 Å². The normalized spacial score (nSPS) is 15.0. The van der Waals surface area contributed by atoms with Gasteiger partial charge in [0.1, 0.15) is 0 Å². The van der Waals surface area contributed by atoms with E-state index in [4.69, 9.17) is 9.47 Å². The summed E-state index contributed by atoms with van der Waals surface area (Å²) in [6.07, 6.45) is 2.45. The monoisotopic (exact) mass is 470 g/mol. The van der Waals surface area contributed by atoms with Crippen molar-refractivity contribution in [2.75, 3.05) is 32.9 Å². The molecule has 0 saturated carbocycles. The molecular weight excluding hydrogens is 444 g/mol. The zero-order chi connectivity index (χ0) is 23.6. The topological polar surface area (TPSA) is 106 Å². The van der Waals surface area contributed by atoms with Gasteiger partial charge >= 0.3 is 5.97 Å². The average Bonchev–Trinajstić information content (AvgIpc) is 3.27. The largest absolute Gasteiger partial charge is 0.454 e.